The van der Waals surface area contributed by atoms with E-state index in [4.69, 9.17) is 0 Å². The van der Waals surface area contributed by atoms with Crippen LogP contribution < -0.4 is 5.32 Å². The Morgan fingerprint density at radius 1 is 1.10 bits per heavy atom. The van der Waals surface area contributed by atoms with Crippen LogP contribution in [0.3, 0.4) is 0 Å². The highest BCUT2D eigenvalue weighted by Gasteiger charge is 2.19. The van der Waals surface area contributed by atoms with Gasteiger partial charge in [-0.25, -0.2) is 0 Å². The van der Waals surface area contributed by atoms with E-state index >= 15 is 0 Å². The summed E-state index contributed by atoms with van der Waals surface area (Å²) < 4.78 is 1.19. The summed E-state index contributed by atoms with van der Waals surface area (Å²) in [5.41, 5.74) is 2.72. The van der Waals surface area contributed by atoms with Crippen LogP contribution in [0.2, 0.25) is 0 Å². The van der Waals surface area contributed by atoms with Crippen molar-refractivity contribution < 1.29 is 0 Å². The highest BCUT2D eigenvalue weighted by Crippen LogP contribution is 2.36. The Balaban J connectivity index is 2.18. The van der Waals surface area contributed by atoms with Gasteiger partial charge in [-0.1, -0.05) is 49.4 Å². The second kappa shape index (κ2) is 6.30. The summed E-state index contributed by atoms with van der Waals surface area (Å²) in [4.78, 5) is 1.36. The molecule has 0 aliphatic heterocycles. The quantitative estimate of drug-likeness (QED) is 0.632. The van der Waals surface area contributed by atoms with Crippen LogP contribution in [0.25, 0.3) is 10.8 Å². The topological polar surface area (TPSA) is 12.0 Å². The minimum absolute atomic E-state index is 0.239. The van der Waals surface area contributed by atoms with Gasteiger partial charge in [-0.05, 0) is 57.4 Å². The van der Waals surface area contributed by atoms with Crippen LogP contribution in [0.1, 0.15) is 29.0 Å². The predicted molar refractivity (Wildman–Crippen MR) is 96.2 cm³/mol. The lowest BCUT2D eigenvalue weighted by Crippen LogP contribution is -2.22. The number of hydrogen-bond donors (Lipinski definition) is 1. The maximum Gasteiger partial charge on any atom is 0.0704 e. The fraction of sp³-hybridized carbons (Fsp3) is 0.222. The number of benzene rings is 2. The summed E-state index contributed by atoms with van der Waals surface area (Å²) in [6.07, 6.45) is 0. The van der Waals surface area contributed by atoms with E-state index in [2.05, 4.69) is 83.6 Å². The van der Waals surface area contributed by atoms with Gasteiger partial charge in [0, 0.05) is 4.88 Å². The number of hydrogen-bond acceptors (Lipinski definition) is 2. The van der Waals surface area contributed by atoms with Gasteiger partial charge in [-0.15, -0.1) is 11.3 Å². The molecule has 0 radical (unpaired) electrons. The average molecular weight is 360 g/mol. The van der Waals surface area contributed by atoms with Crippen molar-refractivity contribution in [3.8, 4) is 0 Å². The molecule has 21 heavy (non-hydrogen) atoms. The van der Waals surface area contributed by atoms with E-state index in [1.54, 1.807) is 11.3 Å². The molecule has 0 bridgehead atoms. The predicted octanol–water partition coefficient (Wildman–Crippen LogP) is 5.67. The summed E-state index contributed by atoms with van der Waals surface area (Å²) in [5, 5.41) is 6.27. The van der Waals surface area contributed by atoms with E-state index in [1.165, 1.54) is 30.6 Å². The van der Waals surface area contributed by atoms with Crippen LogP contribution >= 0.6 is 27.3 Å². The van der Waals surface area contributed by atoms with Crippen molar-refractivity contribution in [2.75, 3.05) is 6.54 Å². The molecule has 1 atom stereocenters. The largest absolute Gasteiger partial charge is 0.306 e. The summed E-state index contributed by atoms with van der Waals surface area (Å²) in [6.45, 7) is 5.30. The standard InChI is InChI=1S/C18H18BrNS/c1-3-20-18(16-11-17(19)21-12(16)2)15-10-6-8-13-7-4-5-9-14(13)15/h4-11,18,20H,3H2,1-2H3. The minimum atomic E-state index is 0.239. The van der Waals surface area contributed by atoms with Gasteiger partial charge >= 0.3 is 0 Å². The number of thiophene rings is 1. The molecule has 1 N–H and O–H groups in total. The Bertz CT molecular complexity index is 758. The molecular formula is C18H18BrNS. The lowest BCUT2D eigenvalue weighted by Gasteiger charge is -2.20. The van der Waals surface area contributed by atoms with Gasteiger partial charge in [0.25, 0.3) is 0 Å². The second-order valence-corrected chi connectivity index (χ2v) is 7.76. The molecule has 3 rings (SSSR count). The third-order valence-electron chi connectivity index (χ3n) is 3.78. The average Bonchev–Trinajstić information content (AvgIpc) is 2.83. The molecule has 1 aromatic heterocycles. The van der Waals surface area contributed by atoms with E-state index in [0.29, 0.717) is 0 Å². The molecule has 108 valence electrons. The Labute approximate surface area is 138 Å². The monoisotopic (exact) mass is 359 g/mol. The highest BCUT2D eigenvalue weighted by atomic mass is 79.9. The van der Waals surface area contributed by atoms with Crippen molar-refractivity contribution in [2.45, 2.75) is 19.9 Å². The zero-order chi connectivity index (χ0) is 14.8. The molecule has 0 saturated heterocycles. The maximum atomic E-state index is 3.65. The summed E-state index contributed by atoms with van der Waals surface area (Å²) in [7, 11) is 0. The lowest BCUT2D eigenvalue weighted by molar-refractivity contribution is 0.633. The van der Waals surface area contributed by atoms with Gasteiger partial charge in [0.15, 0.2) is 0 Å². The molecule has 1 unspecified atom stereocenters. The van der Waals surface area contributed by atoms with Crippen molar-refractivity contribution in [1.29, 1.82) is 0 Å². The number of halogens is 1. The van der Waals surface area contributed by atoms with Crippen LogP contribution in [0.4, 0.5) is 0 Å². The first-order chi connectivity index (χ1) is 10.2. The summed E-state index contributed by atoms with van der Waals surface area (Å²) >= 11 is 5.42. The Morgan fingerprint density at radius 3 is 2.57 bits per heavy atom. The van der Waals surface area contributed by atoms with E-state index in [9.17, 15) is 0 Å². The Kier molecular flexibility index (Phi) is 4.43. The van der Waals surface area contributed by atoms with Crippen molar-refractivity contribution >= 4 is 38.0 Å². The van der Waals surface area contributed by atoms with Gasteiger partial charge in [0.1, 0.15) is 0 Å². The fourth-order valence-electron chi connectivity index (χ4n) is 2.84. The van der Waals surface area contributed by atoms with Crippen molar-refractivity contribution in [2.24, 2.45) is 0 Å². The normalized spacial score (nSPS) is 12.7. The third-order valence-corrected chi connectivity index (χ3v) is 5.35. The molecule has 2 aromatic carbocycles. The van der Waals surface area contributed by atoms with Crippen LogP contribution in [0.15, 0.2) is 52.3 Å². The van der Waals surface area contributed by atoms with Crippen LogP contribution in [0.5, 0.6) is 0 Å². The summed E-state index contributed by atoms with van der Waals surface area (Å²) in [6, 6.07) is 17.7. The van der Waals surface area contributed by atoms with E-state index < -0.39 is 0 Å². The molecule has 1 nitrogen and oxygen atoms in total. The van der Waals surface area contributed by atoms with Crippen molar-refractivity contribution in [3.63, 3.8) is 0 Å². The lowest BCUT2D eigenvalue weighted by atomic mass is 9.94. The molecule has 0 spiro atoms. The van der Waals surface area contributed by atoms with Crippen molar-refractivity contribution in [1.82, 2.24) is 5.32 Å². The first-order valence-corrected chi connectivity index (χ1v) is 8.78. The first kappa shape index (κ1) is 14.8. The van der Waals surface area contributed by atoms with Gasteiger partial charge in [0.2, 0.25) is 0 Å². The van der Waals surface area contributed by atoms with Gasteiger partial charge < -0.3 is 5.32 Å². The van der Waals surface area contributed by atoms with Crippen LogP contribution in [-0.2, 0) is 0 Å². The van der Waals surface area contributed by atoms with Gasteiger partial charge in [0.05, 0.1) is 9.83 Å². The fourth-order valence-corrected chi connectivity index (χ4v) is 4.59. The van der Waals surface area contributed by atoms with E-state index in [0.717, 1.165) is 6.54 Å². The number of rotatable bonds is 4. The van der Waals surface area contributed by atoms with E-state index in [1.807, 2.05) is 0 Å². The highest BCUT2D eigenvalue weighted by molar-refractivity contribution is 9.11. The maximum absolute atomic E-state index is 3.65. The number of aryl methyl sites for hydroxylation is 1. The zero-order valence-corrected chi connectivity index (χ0v) is 14.6. The molecule has 3 aromatic rings. The Morgan fingerprint density at radius 2 is 1.86 bits per heavy atom. The molecule has 0 amide bonds. The van der Waals surface area contributed by atoms with E-state index in [-0.39, 0.29) is 6.04 Å². The zero-order valence-electron chi connectivity index (χ0n) is 12.2. The molecule has 0 aliphatic carbocycles. The van der Waals surface area contributed by atoms with Crippen LogP contribution in [0, 0.1) is 6.92 Å². The number of fused-ring (bicyclic) bond motifs is 1. The second-order valence-electron chi connectivity index (χ2n) is 5.12. The minimum Gasteiger partial charge on any atom is -0.306 e. The molecular weight excluding hydrogens is 342 g/mol. The molecule has 3 heteroatoms. The number of nitrogens with one attached hydrogen (secondary N) is 1. The van der Waals surface area contributed by atoms with Gasteiger partial charge in [-0.2, -0.15) is 0 Å². The summed E-state index contributed by atoms with van der Waals surface area (Å²) in [5.74, 6) is 0. The first-order valence-electron chi connectivity index (χ1n) is 7.17. The SMILES string of the molecule is CCNC(c1cc(Br)sc1C)c1cccc2ccccc12. The smallest absolute Gasteiger partial charge is 0.0704 e. The third kappa shape index (κ3) is 2.91. The molecule has 0 saturated carbocycles. The Hall–Kier alpha value is -1.16. The van der Waals surface area contributed by atoms with Crippen LogP contribution in [-0.4, -0.2) is 6.54 Å². The molecule has 1 heterocycles. The molecule has 0 aliphatic rings. The van der Waals surface area contributed by atoms with Gasteiger partial charge in [-0.3, -0.25) is 0 Å². The molecule has 0 fully saturated rings. The van der Waals surface area contributed by atoms with Crippen molar-refractivity contribution in [3.05, 3.63) is 68.3 Å².